The Balaban J connectivity index is 2.53. The van der Waals surface area contributed by atoms with E-state index in [2.05, 4.69) is 4.98 Å². The van der Waals surface area contributed by atoms with E-state index in [0.717, 1.165) is 5.56 Å². The monoisotopic (exact) mass is 287 g/mol. The number of aliphatic hydroxyl groups excluding tert-OH is 1. The molecule has 0 aliphatic carbocycles. The second-order valence-corrected chi connectivity index (χ2v) is 4.66. The molecule has 1 N–H and O–H groups in total. The molecule has 0 bridgehead atoms. The van der Waals surface area contributed by atoms with E-state index < -0.39 is 0 Å². The first-order valence-corrected chi connectivity index (χ1v) is 5.97. The molecule has 1 aromatic carbocycles. The average molecular weight is 289 g/mol. The summed E-state index contributed by atoms with van der Waals surface area (Å²) in [6, 6.07) is 8.59. The van der Waals surface area contributed by atoms with E-state index in [1.165, 1.54) is 0 Å². The molecule has 17 heavy (non-hydrogen) atoms. The van der Waals surface area contributed by atoms with Crippen LogP contribution in [0.15, 0.2) is 30.3 Å². The lowest BCUT2D eigenvalue weighted by Crippen LogP contribution is -1.93. The Kier molecular flexibility index (Phi) is 3.89. The molecule has 2 rings (SSSR count). The minimum atomic E-state index is -0.210. The summed E-state index contributed by atoms with van der Waals surface area (Å²) in [4.78, 5) is 4.24. The van der Waals surface area contributed by atoms with E-state index in [1.807, 2.05) is 0 Å². The molecule has 0 spiro atoms. The van der Waals surface area contributed by atoms with Crippen LogP contribution in [0, 0.1) is 0 Å². The number of aromatic nitrogens is 1. The molecule has 5 heteroatoms. The summed E-state index contributed by atoms with van der Waals surface area (Å²) in [6.07, 6.45) is 0. The fourth-order valence-corrected chi connectivity index (χ4v) is 2.11. The van der Waals surface area contributed by atoms with Gasteiger partial charge in [0.25, 0.3) is 0 Å². The van der Waals surface area contributed by atoms with E-state index in [-0.39, 0.29) is 6.61 Å². The van der Waals surface area contributed by atoms with Crippen molar-refractivity contribution in [3.63, 3.8) is 0 Å². The minimum absolute atomic E-state index is 0.210. The number of pyridine rings is 1. The molecular formula is C12H8Cl3NO. The second-order valence-electron chi connectivity index (χ2n) is 3.41. The van der Waals surface area contributed by atoms with E-state index in [0.29, 0.717) is 26.5 Å². The molecule has 2 nitrogen and oxygen atoms in total. The molecule has 0 radical (unpaired) electrons. The van der Waals surface area contributed by atoms with Crippen molar-refractivity contribution in [3.05, 3.63) is 51.1 Å². The number of aliphatic hydroxyl groups is 1. The van der Waals surface area contributed by atoms with Gasteiger partial charge in [-0.05, 0) is 30.3 Å². The zero-order chi connectivity index (χ0) is 12.4. The molecule has 2 aromatic rings. The van der Waals surface area contributed by atoms with Gasteiger partial charge in [0.1, 0.15) is 0 Å². The van der Waals surface area contributed by atoms with Crippen molar-refractivity contribution in [2.45, 2.75) is 6.61 Å². The highest BCUT2D eigenvalue weighted by atomic mass is 35.5. The molecular weight excluding hydrogens is 280 g/mol. The Morgan fingerprint density at radius 2 is 1.76 bits per heavy atom. The third kappa shape index (κ3) is 2.72. The van der Waals surface area contributed by atoms with Crippen LogP contribution in [-0.2, 0) is 6.61 Å². The van der Waals surface area contributed by atoms with E-state index in [4.69, 9.17) is 39.9 Å². The highest BCUT2D eigenvalue weighted by Gasteiger charge is 2.08. The molecule has 1 heterocycles. The van der Waals surface area contributed by atoms with Crippen LogP contribution in [0.5, 0.6) is 0 Å². The first-order chi connectivity index (χ1) is 8.11. The largest absolute Gasteiger partial charge is 0.390 e. The van der Waals surface area contributed by atoms with Gasteiger partial charge in [-0.2, -0.15) is 0 Å². The normalized spacial score (nSPS) is 10.6. The van der Waals surface area contributed by atoms with Crippen LogP contribution < -0.4 is 0 Å². The van der Waals surface area contributed by atoms with Crippen LogP contribution >= 0.6 is 34.8 Å². The maximum absolute atomic E-state index is 9.10. The number of nitrogens with zero attached hydrogens (tertiary/aromatic N) is 1. The number of halogens is 3. The lowest BCUT2D eigenvalue weighted by atomic mass is 10.1. The summed E-state index contributed by atoms with van der Waals surface area (Å²) in [7, 11) is 0. The Labute approximate surface area is 114 Å². The fourth-order valence-electron chi connectivity index (χ4n) is 1.44. The molecule has 1 aromatic heterocycles. The topological polar surface area (TPSA) is 33.1 Å². The van der Waals surface area contributed by atoms with Crippen molar-refractivity contribution in [2.75, 3.05) is 0 Å². The van der Waals surface area contributed by atoms with Gasteiger partial charge in [0.05, 0.1) is 28.0 Å². The van der Waals surface area contributed by atoms with Gasteiger partial charge < -0.3 is 5.11 Å². The highest BCUT2D eigenvalue weighted by Crippen LogP contribution is 2.30. The summed E-state index contributed by atoms with van der Waals surface area (Å²) in [6.45, 7) is -0.210. The standard InChI is InChI=1S/C12H8Cl3NO/c13-7-1-2-8(10(15)5-7)11-4-3-9(14)12(6-17)16-11/h1-5,17H,6H2. The van der Waals surface area contributed by atoms with Crippen molar-refractivity contribution < 1.29 is 5.11 Å². The van der Waals surface area contributed by atoms with Gasteiger partial charge in [-0.1, -0.05) is 34.8 Å². The van der Waals surface area contributed by atoms with Gasteiger partial charge in [-0.25, -0.2) is 4.98 Å². The van der Waals surface area contributed by atoms with Gasteiger partial charge >= 0.3 is 0 Å². The molecule has 0 aliphatic heterocycles. The van der Waals surface area contributed by atoms with Gasteiger partial charge in [0.15, 0.2) is 0 Å². The molecule has 0 amide bonds. The maximum atomic E-state index is 9.10. The zero-order valence-electron chi connectivity index (χ0n) is 8.62. The Bertz CT molecular complexity index is 557. The Morgan fingerprint density at radius 3 is 2.41 bits per heavy atom. The van der Waals surface area contributed by atoms with Crippen LogP contribution in [-0.4, -0.2) is 10.1 Å². The Morgan fingerprint density at radius 1 is 1.00 bits per heavy atom. The quantitative estimate of drug-likeness (QED) is 0.898. The number of hydrogen-bond donors (Lipinski definition) is 1. The summed E-state index contributed by atoms with van der Waals surface area (Å²) >= 11 is 17.8. The predicted octanol–water partition coefficient (Wildman–Crippen LogP) is 4.20. The summed E-state index contributed by atoms with van der Waals surface area (Å²) < 4.78 is 0. The minimum Gasteiger partial charge on any atom is -0.390 e. The predicted molar refractivity (Wildman–Crippen MR) is 70.6 cm³/mol. The fraction of sp³-hybridized carbons (Fsp3) is 0.0833. The summed E-state index contributed by atoms with van der Waals surface area (Å²) in [5.74, 6) is 0. The first-order valence-electron chi connectivity index (χ1n) is 4.83. The molecule has 0 fully saturated rings. The number of rotatable bonds is 2. The lowest BCUT2D eigenvalue weighted by Gasteiger charge is -2.07. The van der Waals surface area contributed by atoms with Crippen LogP contribution in [0.25, 0.3) is 11.3 Å². The van der Waals surface area contributed by atoms with E-state index in [9.17, 15) is 0 Å². The number of benzene rings is 1. The van der Waals surface area contributed by atoms with Crippen LogP contribution in [0.4, 0.5) is 0 Å². The molecule has 0 saturated heterocycles. The van der Waals surface area contributed by atoms with Gasteiger partial charge in [0.2, 0.25) is 0 Å². The maximum Gasteiger partial charge on any atom is 0.0868 e. The molecule has 0 unspecified atom stereocenters. The smallest absolute Gasteiger partial charge is 0.0868 e. The third-order valence-electron chi connectivity index (χ3n) is 2.28. The van der Waals surface area contributed by atoms with Gasteiger partial charge in [-0.15, -0.1) is 0 Å². The van der Waals surface area contributed by atoms with Crippen molar-refractivity contribution in [2.24, 2.45) is 0 Å². The van der Waals surface area contributed by atoms with Crippen LogP contribution in [0.2, 0.25) is 15.1 Å². The van der Waals surface area contributed by atoms with Crippen molar-refractivity contribution in [3.8, 4) is 11.3 Å². The van der Waals surface area contributed by atoms with Crippen molar-refractivity contribution in [1.82, 2.24) is 4.98 Å². The van der Waals surface area contributed by atoms with E-state index >= 15 is 0 Å². The molecule has 0 aliphatic rings. The lowest BCUT2D eigenvalue weighted by molar-refractivity contribution is 0.277. The second kappa shape index (κ2) is 5.23. The van der Waals surface area contributed by atoms with Gasteiger partial charge in [-0.3, -0.25) is 0 Å². The van der Waals surface area contributed by atoms with Crippen molar-refractivity contribution in [1.29, 1.82) is 0 Å². The SMILES string of the molecule is OCc1nc(-c2ccc(Cl)cc2Cl)ccc1Cl. The summed E-state index contributed by atoms with van der Waals surface area (Å²) in [5.41, 5.74) is 1.83. The molecule has 0 atom stereocenters. The van der Waals surface area contributed by atoms with Crippen LogP contribution in [0.3, 0.4) is 0 Å². The van der Waals surface area contributed by atoms with Gasteiger partial charge in [0, 0.05) is 10.6 Å². The highest BCUT2D eigenvalue weighted by molar-refractivity contribution is 6.36. The number of hydrogen-bond acceptors (Lipinski definition) is 2. The van der Waals surface area contributed by atoms with E-state index in [1.54, 1.807) is 30.3 Å². The Hall–Kier alpha value is -0.800. The average Bonchev–Trinajstić information content (AvgIpc) is 2.30. The molecule has 88 valence electrons. The van der Waals surface area contributed by atoms with Crippen molar-refractivity contribution >= 4 is 34.8 Å². The zero-order valence-corrected chi connectivity index (χ0v) is 10.9. The summed E-state index contributed by atoms with van der Waals surface area (Å²) in [5, 5.41) is 10.6. The third-order valence-corrected chi connectivity index (χ3v) is 3.17. The first kappa shape index (κ1) is 12.7. The van der Waals surface area contributed by atoms with Crippen LogP contribution in [0.1, 0.15) is 5.69 Å². The molecule has 0 saturated carbocycles.